The molecule has 0 atom stereocenters. The fourth-order valence-corrected chi connectivity index (χ4v) is 4.05. The van der Waals surface area contributed by atoms with Crippen LogP contribution in [0.3, 0.4) is 0 Å². The topological polar surface area (TPSA) is 97.2 Å². The third-order valence-electron chi connectivity index (χ3n) is 5.86. The summed E-state index contributed by atoms with van der Waals surface area (Å²) in [6, 6.07) is 3.43. The van der Waals surface area contributed by atoms with E-state index < -0.39 is 0 Å². The molecule has 1 aromatic carbocycles. The molecule has 2 heterocycles. The van der Waals surface area contributed by atoms with E-state index in [2.05, 4.69) is 44.4 Å². The average Bonchev–Trinajstić information content (AvgIpc) is 3.33. The van der Waals surface area contributed by atoms with Gasteiger partial charge in [0.05, 0.1) is 24.0 Å². The number of halogens is 1. The molecule has 0 aliphatic heterocycles. The van der Waals surface area contributed by atoms with Crippen molar-refractivity contribution in [1.29, 1.82) is 0 Å². The number of carbonyl (C=O) groups is 1. The lowest BCUT2D eigenvalue weighted by Crippen LogP contribution is -2.24. The van der Waals surface area contributed by atoms with Gasteiger partial charge in [-0.05, 0) is 62.2 Å². The quantitative estimate of drug-likeness (QED) is 0.367. The monoisotopic (exact) mass is 499 g/mol. The number of ether oxygens (including phenoxy) is 1. The Balaban J connectivity index is 1.56. The van der Waals surface area contributed by atoms with Crippen LogP contribution in [0.5, 0.6) is 5.75 Å². The lowest BCUT2D eigenvalue weighted by Gasteiger charge is -2.17. The maximum Gasteiger partial charge on any atom is 0.251 e. The number of amides is 1. The molecule has 0 saturated carbocycles. The van der Waals surface area contributed by atoms with E-state index in [1.54, 1.807) is 37.8 Å². The number of hydrogen-bond donors (Lipinski definition) is 2. The summed E-state index contributed by atoms with van der Waals surface area (Å²) in [6.45, 7) is 8.43. The van der Waals surface area contributed by atoms with Gasteiger partial charge in [-0.15, -0.1) is 0 Å². The van der Waals surface area contributed by atoms with Crippen LogP contribution in [0.25, 0.3) is 0 Å². The largest absolute Gasteiger partial charge is 0.495 e. The minimum absolute atomic E-state index is 0.188. The molecular weight excluding hydrogens is 466 g/mol. The molecule has 2 aromatic heterocycles. The summed E-state index contributed by atoms with van der Waals surface area (Å²) in [4.78, 5) is 23.3. The van der Waals surface area contributed by atoms with E-state index in [9.17, 15) is 4.79 Å². The molecule has 0 spiro atoms. The SMILES string of the molecule is CCN(CC)CCCn1cc(Nc2ncc(CCc3cc(C(=O)NC)cc(OC)c3Cl)cn2)cn1. The molecular formula is C25H34ClN7O2. The predicted molar refractivity (Wildman–Crippen MR) is 139 cm³/mol. The third kappa shape index (κ3) is 7.40. The summed E-state index contributed by atoms with van der Waals surface area (Å²) < 4.78 is 7.27. The van der Waals surface area contributed by atoms with E-state index in [4.69, 9.17) is 16.3 Å². The van der Waals surface area contributed by atoms with Gasteiger partial charge in [0.15, 0.2) is 0 Å². The lowest BCUT2D eigenvalue weighted by atomic mass is 10.0. The van der Waals surface area contributed by atoms with Crippen LogP contribution in [0.15, 0.2) is 36.9 Å². The van der Waals surface area contributed by atoms with Gasteiger partial charge < -0.3 is 20.3 Å². The second-order valence-electron chi connectivity index (χ2n) is 8.14. The molecule has 0 aliphatic rings. The van der Waals surface area contributed by atoms with Crippen molar-refractivity contribution < 1.29 is 9.53 Å². The molecule has 3 rings (SSSR count). The van der Waals surface area contributed by atoms with E-state index >= 15 is 0 Å². The van der Waals surface area contributed by atoms with Crippen molar-refractivity contribution in [3.05, 3.63) is 58.6 Å². The Kier molecular flexibility index (Phi) is 9.86. The minimum atomic E-state index is -0.188. The van der Waals surface area contributed by atoms with Gasteiger partial charge in [0.25, 0.3) is 5.91 Å². The van der Waals surface area contributed by atoms with E-state index in [1.165, 1.54) is 7.11 Å². The van der Waals surface area contributed by atoms with Crippen molar-refractivity contribution in [2.24, 2.45) is 0 Å². The Labute approximate surface area is 211 Å². The summed E-state index contributed by atoms with van der Waals surface area (Å²) in [5, 5.41) is 10.8. The van der Waals surface area contributed by atoms with Crippen molar-refractivity contribution in [3.63, 3.8) is 0 Å². The number of nitrogens with one attached hydrogen (secondary N) is 2. The van der Waals surface area contributed by atoms with Gasteiger partial charge in [0.2, 0.25) is 5.95 Å². The zero-order valence-corrected chi connectivity index (χ0v) is 21.6. The first-order chi connectivity index (χ1) is 17.0. The zero-order chi connectivity index (χ0) is 25.2. The lowest BCUT2D eigenvalue weighted by molar-refractivity contribution is 0.0962. The van der Waals surface area contributed by atoms with Crippen LogP contribution in [0, 0.1) is 0 Å². The number of hydrogen-bond acceptors (Lipinski definition) is 7. The van der Waals surface area contributed by atoms with E-state index in [1.807, 2.05) is 10.9 Å². The highest BCUT2D eigenvalue weighted by Crippen LogP contribution is 2.31. The molecule has 1 amide bonds. The highest BCUT2D eigenvalue weighted by Gasteiger charge is 2.14. The van der Waals surface area contributed by atoms with Gasteiger partial charge in [-0.1, -0.05) is 25.4 Å². The number of benzene rings is 1. The minimum Gasteiger partial charge on any atom is -0.495 e. The van der Waals surface area contributed by atoms with Crippen molar-refractivity contribution in [2.75, 3.05) is 39.1 Å². The van der Waals surface area contributed by atoms with E-state index in [0.717, 1.165) is 49.4 Å². The molecule has 35 heavy (non-hydrogen) atoms. The highest BCUT2D eigenvalue weighted by molar-refractivity contribution is 6.33. The molecule has 3 aromatic rings. The third-order valence-corrected chi connectivity index (χ3v) is 6.29. The Morgan fingerprint density at radius 2 is 1.89 bits per heavy atom. The molecule has 0 bridgehead atoms. The number of rotatable bonds is 13. The van der Waals surface area contributed by atoms with Gasteiger partial charge in [-0.3, -0.25) is 9.48 Å². The van der Waals surface area contributed by atoms with Gasteiger partial charge in [0.1, 0.15) is 5.75 Å². The molecule has 0 radical (unpaired) electrons. The Hall–Kier alpha value is -3.17. The maximum atomic E-state index is 12.1. The van der Waals surface area contributed by atoms with Crippen LogP contribution >= 0.6 is 11.6 Å². The number of aryl methyl sites for hydroxylation is 3. The molecule has 0 saturated heterocycles. The molecule has 2 N–H and O–H groups in total. The Morgan fingerprint density at radius 1 is 1.14 bits per heavy atom. The van der Waals surface area contributed by atoms with E-state index in [-0.39, 0.29) is 5.91 Å². The van der Waals surface area contributed by atoms with Crippen LogP contribution in [0.2, 0.25) is 5.02 Å². The molecule has 10 heteroatoms. The standard InChI is InChI=1S/C25H34ClN7O2/c1-5-32(6-2)10-7-11-33-17-21(16-30-33)31-25-28-14-18(15-29-25)8-9-19-12-20(24(34)27-3)13-22(35-4)23(19)26/h12-17H,5-11H2,1-4H3,(H,27,34)(H,28,29,31). The van der Waals surface area contributed by atoms with Gasteiger partial charge in [-0.25, -0.2) is 9.97 Å². The average molecular weight is 500 g/mol. The summed E-state index contributed by atoms with van der Waals surface area (Å²) >= 11 is 6.47. The van der Waals surface area contributed by atoms with Crippen molar-refractivity contribution >= 4 is 29.1 Å². The predicted octanol–water partition coefficient (Wildman–Crippen LogP) is 3.96. The molecule has 0 unspecified atom stereocenters. The van der Waals surface area contributed by atoms with Crippen molar-refractivity contribution in [2.45, 2.75) is 39.7 Å². The van der Waals surface area contributed by atoms with Gasteiger partial charge in [-0.2, -0.15) is 5.10 Å². The zero-order valence-electron chi connectivity index (χ0n) is 20.8. The summed E-state index contributed by atoms with van der Waals surface area (Å²) in [6.07, 6.45) is 9.67. The fourth-order valence-electron chi connectivity index (χ4n) is 3.76. The Morgan fingerprint density at radius 3 is 2.54 bits per heavy atom. The molecule has 9 nitrogen and oxygen atoms in total. The number of aromatic nitrogens is 4. The van der Waals surface area contributed by atoms with Crippen LogP contribution in [-0.2, 0) is 19.4 Å². The second kappa shape index (κ2) is 13.1. The Bertz CT molecular complexity index is 1100. The van der Waals surface area contributed by atoms with Gasteiger partial charge in [0, 0.05) is 37.7 Å². The van der Waals surface area contributed by atoms with Crippen molar-refractivity contribution in [1.82, 2.24) is 30.0 Å². The second-order valence-corrected chi connectivity index (χ2v) is 8.52. The number of anilines is 2. The highest BCUT2D eigenvalue weighted by atomic mass is 35.5. The normalized spacial score (nSPS) is 11.0. The first-order valence-electron chi connectivity index (χ1n) is 11.9. The first kappa shape index (κ1) is 26.4. The van der Waals surface area contributed by atoms with Crippen LogP contribution < -0.4 is 15.4 Å². The van der Waals surface area contributed by atoms with Crippen LogP contribution in [0.1, 0.15) is 41.8 Å². The van der Waals surface area contributed by atoms with Gasteiger partial charge >= 0.3 is 0 Å². The van der Waals surface area contributed by atoms with E-state index in [0.29, 0.717) is 35.1 Å². The molecule has 0 aliphatic carbocycles. The summed E-state index contributed by atoms with van der Waals surface area (Å²) in [7, 11) is 3.13. The number of methoxy groups -OCH3 is 1. The number of carbonyl (C=O) groups excluding carboxylic acids is 1. The van der Waals surface area contributed by atoms with Crippen molar-refractivity contribution in [3.8, 4) is 5.75 Å². The summed E-state index contributed by atoms with van der Waals surface area (Å²) in [5.74, 6) is 0.803. The maximum absolute atomic E-state index is 12.1. The van der Waals surface area contributed by atoms with Crippen LogP contribution in [0.4, 0.5) is 11.6 Å². The summed E-state index contributed by atoms with van der Waals surface area (Å²) in [5.41, 5.74) is 3.15. The molecule has 188 valence electrons. The first-order valence-corrected chi connectivity index (χ1v) is 12.3. The number of nitrogens with zero attached hydrogens (tertiary/aromatic N) is 5. The smallest absolute Gasteiger partial charge is 0.251 e. The fraction of sp³-hybridized carbons (Fsp3) is 0.440. The van der Waals surface area contributed by atoms with Crippen LogP contribution in [-0.4, -0.2) is 64.3 Å². The molecule has 0 fully saturated rings.